The molecule has 7 aromatic carbocycles. The number of para-hydroxylation sites is 1. The molecule has 0 aliphatic heterocycles. The quantitative estimate of drug-likeness (QED) is 0.150. The molecule has 2 nitrogen and oxygen atoms in total. The van der Waals surface area contributed by atoms with E-state index in [-0.39, 0.29) is 0 Å². The summed E-state index contributed by atoms with van der Waals surface area (Å²) in [6.45, 7) is 8.46. The Morgan fingerprint density at radius 3 is 2.05 bits per heavy atom. The van der Waals surface area contributed by atoms with Gasteiger partial charge >= 0.3 is 0 Å². The summed E-state index contributed by atoms with van der Waals surface area (Å²) in [7, 11) is 0. The minimum atomic E-state index is 1.03. The van der Waals surface area contributed by atoms with Gasteiger partial charge in [-0.3, -0.25) is 0 Å². The summed E-state index contributed by atoms with van der Waals surface area (Å²) in [5.74, 6) is 0. The zero-order chi connectivity index (χ0) is 39.2. The van der Waals surface area contributed by atoms with Gasteiger partial charge in [-0.2, -0.15) is 0 Å². The normalized spacial score (nSPS) is 13.7. The average molecular weight is 747 g/mol. The lowest BCUT2D eigenvalue weighted by atomic mass is 9.84. The average Bonchev–Trinajstić information content (AvgIpc) is 3.59. The number of benzene rings is 7. The van der Waals surface area contributed by atoms with Gasteiger partial charge in [0.15, 0.2) is 0 Å². The van der Waals surface area contributed by atoms with Crippen LogP contribution in [0.25, 0.3) is 84.7 Å². The third-order valence-electron chi connectivity index (χ3n) is 12.0. The predicted octanol–water partition coefficient (Wildman–Crippen LogP) is 14.0. The number of fused-ring (bicyclic) bond motifs is 4. The fraction of sp³-hybridized carbons (Fsp3) is 0.107. The summed E-state index contributed by atoms with van der Waals surface area (Å²) in [6, 6.07) is 49.5. The Morgan fingerprint density at radius 1 is 0.621 bits per heavy atom. The highest BCUT2D eigenvalue weighted by Gasteiger charge is 2.20. The highest BCUT2D eigenvalue weighted by Crippen LogP contribution is 2.39. The van der Waals surface area contributed by atoms with Crippen LogP contribution in [-0.2, 0) is 0 Å². The Labute approximate surface area is 341 Å². The van der Waals surface area contributed by atoms with Crippen LogP contribution in [0.1, 0.15) is 49.4 Å². The zero-order valence-corrected chi connectivity index (χ0v) is 33.3. The monoisotopic (exact) mass is 746 g/mol. The molecular formula is C56H46N2. The molecule has 1 heterocycles. The van der Waals surface area contributed by atoms with E-state index >= 15 is 0 Å². The van der Waals surface area contributed by atoms with Crippen molar-refractivity contribution < 1.29 is 0 Å². The third kappa shape index (κ3) is 5.96. The minimum absolute atomic E-state index is 1.03. The molecule has 0 atom stereocenters. The van der Waals surface area contributed by atoms with Gasteiger partial charge in [0.1, 0.15) is 0 Å². The van der Waals surface area contributed by atoms with Crippen molar-refractivity contribution >= 4 is 68.1 Å². The summed E-state index contributed by atoms with van der Waals surface area (Å²) in [4.78, 5) is 2.40. The molecule has 0 N–H and O–H groups in total. The fourth-order valence-corrected chi connectivity index (χ4v) is 9.41. The summed E-state index contributed by atoms with van der Waals surface area (Å²) in [6.07, 6.45) is 22.3. The largest absolute Gasteiger partial charge is 0.311 e. The zero-order valence-electron chi connectivity index (χ0n) is 33.3. The summed E-state index contributed by atoms with van der Waals surface area (Å²) in [5, 5.41) is 9.08. The molecule has 2 heteroatoms. The van der Waals surface area contributed by atoms with Crippen LogP contribution in [0.15, 0.2) is 170 Å². The second-order valence-corrected chi connectivity index (χ2v) is 15.5. The van der Waals surface area contributed by atoms with E-state index in [1.165, 1.54) is 76.4 Å². The highest BCUT2D eigenvalue weighted by molar-refractivity contribution is 6.10. The predicted molar refractivity (Wildman–Crippen MR) is 251 cm³/mol. The molecule has 10 rings (SSSR count). The van der Waals surface area contributed by atoms with E-state index in [4.69, 9.17) is 0 Å². The number of aryl methyl sites for hydroxylation is 1. The van der Waals surface area contributed by atoms with E-state index in [9.17, 15) is 0 Å². The summed E-state index contributed by atoms with van der Waals surface area (Å²) in [5.41, 5.74) is 14.5. The van der Waals surface area contributed by atoms with Crippen LogP contribution in [0, 0.1) is 6.92 Å². The van der Waals surface area contributed by atoms with Crippen molar-refractivity contribution in [3.8, 4) is 27.9 Å². The number of aromatic nitrogens is 1. The van der Waals surface area contributed by atoms with Crippen molar-refractivity contribution in [2.75, 3.05) is 4.90 Å². The summed E-state index contributed by atoms with van der Waals surface area (Å²) < 4.78 is 2.35. The smallest absolute Gasteiger partial charge is 0.0541 e. The van der Waals surface area contributed by atoms with Gasteiger partial charge in [-0.15, -0.1) is 0 Å². The second-order valence-electron chi connectivity index (χ2n) is 15.5. The number of allylic oxidation sites excluding steroid dienone is 4. The molecule has 2 aliphatic rings. The van der Waals surface area contributed by atoms with Crippen molar-refractivity contribution in [1.82, 2.24) is 4.57 Å². The molecule has 0 saturated carbocycles. The first-order valence-corrected chi connectivity index (χ1v) is 20.6. The SMILES string of the molecule is C=Cc1c(/C=C\C)n(-c2ccc(N(C3=CCCC=C3)c3ccc(-c4c5c(c(-c6cccc7ccccc67)c6ccc(C)cc46)=CCCC=5)cc3)cc2)c2ccccc12. The lowest BCUT2D eigenvalue weighted by molar-refractivity contribution is 0.997. The van der Waals surface area contributed by atoms with Gasteiger partial charge in [0, 0.05) is 33.7 Å². The van der Waals surface area contributed by atoms with E-state index in [1.54, 1.807) is 0 Å². The summed E-state index contributed by atoms with van der Waals surface area (Å²) >= 11 is 0. The third-order valence-corrected chi connectivity index (χ3v) is 12.0. The molecule has 8 aromatic rings. The lowest BCUT2D eigenvalue weighted by Crippen LogP contribution is -2.31. The van der Waals surface area contributed by atoms with E-state index in [2.05, 4.69) is 206 Å². The maximum Gasteiger partial charge on any atom is 0.0541 e. The Morgan fingerprint density at radius 2 is 1.31 bits per heavy atom. The second kappa shape index (κ2) is 14.9. The molecule has 58 heavy (non-hydrogen) atoms. The van der Waals surface area contributed by atoms with Gasteiger partial charge in [0.25, 0.3) is 0 Å². The van der Waals surface area contributed by atoms with E-state index < -0.39 is 0 Å². The standard InChI is InChI=1S/C56H46N2/c1-4-16-53-45(5-2)47-22-13-14-26-54(47)58(53)44-34-32-43(33-35-44)57(41-19-7-6-8-20-41)42-30-28-40(29-31-42)55-49-23-11-12-24-50(49)56(51-36-27-38(3)37-52(51)55)48-25-15-18-39-17-9-10-21-46(39)48/h4-5,7,9-10,13-37H,2,6,8,11-12H2,1,3H3/b16-4-. The minimum Gasteiger partial charge on any atom is -0.311 e. The first kappa shape index (κ1) is 35.5. The van der Waals surface area contributed by atoms with Crippen molar-refractivity contribution in [1.29, 1.82) is 0 Å². The Hall–Kier alpha value is -6.90. The topological polar surface area (TPSA) is 8.17 Å². The molecule has 0 fully saturated rings. The number of hydrogen-bond donors (Lipinski definition) is 0. The Kier molecular flexibility index (Phi) is 9.11. The Balaban J connectivity index is 1.11. The van der Waals surface area contributed by atoms with Crippen molar-refractivity contribution in [3.05, 3.63) is 197 Å². The molecule has 0 bridgehead atoms. The molecular weight excluding hydrogens is 701 g/mol. The first-order valence-electron chi connectivity index (χ1n) is 20.6. The lowest BCUT2D eigenvalue weighted by Gasteiger charge is -2.28. The van der Waals surface area contributed by atoms with Crippen LogP contribution < -0.4 is 15.3 Å². The molecule has 1 aromatic heterocycles. The van der Waals surface area contributed by atoms with Crippen LogP contribution in [0.2, 0.25) is 0 Å². The van der Waals surface area contributed by atoms with Gasteiger partial charge in [-0.1, -0.05) is 140 Å². The fourth-order valence-electron chi connectivity index (χ4n) is 9.41. The van der Waals surface area contributed by atoms with Crippen LogP contribution in [-0.4, -0.2) is 4.57 Å². The van der Waals surface area contributed by atoms with E-state index in [0.717, 1.165) is 54.0 Å². The molecule has 0 unspecified atom stereocenters. The number of anilines is 2. The van der Waals surface area contributed by atoms with E-state index in [0.29, 0.717) is 0 Å². The highest BCUT2D eigenvalue weighted by atomic mass is 15.1. The van der Waals surface area contributed by atoms with Gasteiger partial charge in [-0.25, -0.2) is 0 Å². The molecule has 0 spiro atoms. The first-order chi connectivity index (χ1) is 28.6. The van der Waals surface area contributed by atoms with Crippen LogP contribution in [0.5, 0.6) is 0 Å². The van der Waals surface area contributed by atoms with Crippen molar-refractivity contribution in [2.45, 2.75) is 39.5 Å². The van der Waals surface area contributed by atoms with Gasteiger partial charge in [-0.05, 0) is 148 Å². The maximum absolute atomic E-state index is 4.18. The van der Waals surface area contributed by atoms with Crippen molar-refractivity contribution in [2.24, 2.45) is 0 Å². The van der Waals surface area contributed by atoms with Crippen molar-refractivity contribution in [3.63, 3.8) is 0 Å². The number of nitrogens with zero attached hydrogens (tertiary/aromatic N) is 2. The number of rotatable bonds is 8. The van der Waals surface area contributed by atoms with Gasteiger partial charge in [0.05, 0.1) is 11.2 Å². The molecule has 2 aliphatic carbocycles. The van der Waals surface area contributed by atoms with Crippen LogP contribution in [0.3, 0.4) is 0 Å². The Bertz CT molecular complexity index is 3130. The molecule has 0 amide bonds. The van der Waals surface area contributed by atoms with Crippen LogP contribution in [0.4, 0.5) is 11.4 Å². The maximum atomic E-state index is 4.18. The van der Waals surface area contributed by atoms with Crippen LogP contribution >= 0.6 is 0 Å². The van der Waals surface area contributed by atoms with Gasteiger partial charge < -0.3 is 9.47 Å². The van der Waals surface area contributed by atoms with E-state index in [1.807, 2.05) is 6.08 Å². The molecule has 0 radical (unpaired) electrons. The number of hydrogen-bond acceptors (Lipinski definition) is 1. The molecule has 280 valence electrons. The van der Waals surface area contributed by atoms with Gasteiger partial charge in [0.2, 0.25) is 0 Å². The molecule has 0 saturated heterocycles.